The fraction of sp³-hybridized carbons (Fsp3) is 0.400. The number of nitrogens with one attached hydrogen (secondary N) is 1. The molecule has 140 valence electrons. The van der Waals surface area contributed by atoms with E-state index in [1.165, 1.54) is 11.1 Å². The first-order chi connectivity index (χ1) is 12.3. The van der Waals surface area contributed by atoms with Crippen molar-refractivity contribution in [2.75, 3.05) is 26.6 Å². The summed E-state index contributed by atoms with van der Waals surface area (Å²) < 4.78 is 17.5. The van der Waals surface area contributed by atoms with Gasteiger partial charge < -0.3 is 19.5 Å². The van der Waals surface area contributed by atoms with Gasteiger partial charge in [-0.25, -0.2) is 0 Å². The van der Waals surface area contributed by atoms with Crippen molar-refractivity contribution in [1.29, 1.82) is 0 Å². The lowest BCUT2D eigenvalue weighted by molar-refractivity contribution is 0.0498. The van der Waals surface area contributed by atoms with Gasteiger partial charge in [0.15, 0.2) is 11.5 Å². The Hall–Kier alpha value is -1.27. The number of ether oxygens (including phenoxy) is 3. The molecule has 2 aliphatic heterocycles. The standard InChI is InChI=1S/C20H22BrNO3.ClH/c21-17-10-15(11-18-19(17)25-14-24-18)12-22-13-20(6-8-23-9-7-20)16-4-2-1-3-5-16;/h1-5,10-11,22H,6-9,12-14H2;1H. The molecule has 0 spiro atoms. The first kappa shape index (κ1) is 19.5. The van der Waals surface area contributed by atoms with Crippen LogP contribution in [0.25, 0.3) is 0 Å². The summed E-state index contributed by atoms with van der Waals surface area (Å²) in [6.45, 7) is 3.68. The third kappa shape index (κ3) is 4.01. The lowest BCUT2D eigenvalue weighted by atomic mass is 9.74. The van der Waals surface area contributed by atoms with Crippen molar-refractivity contribution >= 4 is 28.3 Å². The van der Waals surface area contributed by atoms with Gasteiger partial charge in [0.05, 0.1) is 4.47 Å². The van der Waals surface area contributed by atoms with E-state index in [-0.39, 0.29) is 17.8 Å². The van der Waals surface area contributed by atoms with Gasteiger partial charge in [-0.15, -0.1) is 12.4 Å². The lowest BCUT2D eigenvalue weighted by Gasteiger charge is -2.38. The van der Waals surface area contributed by atoms with E-state index in [1.807, 2.05) is 0 Å². The molecule has 2 heterocycles. The molecule has 0 bridgehead atoms. The number of benzene rings is 2. The SMILES string of the molecule is Brc1cc(CNCC2(c3ccccc3)CCOCC2)cc2c1OCO2.Cl. The summed E-state index contributed by atoms with van der Waals surface area (Å²) in [4.78, 5) is 0. The Balaban J connectivity index is 0.00000196. The van der Waals surface area contributed by atoms with E-state index in [0.717, 1.165) is 55.1 Å². The molecule has 4 nitrogen and oxygen atoms in total. The van der Waals surface area contributed by atoms with Crippen LogP contribution in [-0.2, 0) is 16.7 Å². The molecule has 1 fully saturated rings. The molecule has 0 saturated carbocycles. The lowest BCUT2D eigenvalue weighted by Crippen LogP contribution is -2.42. The molecule has 26 heavy (non-hydrogen) atoms. The highest BCUT2D eigenvalue weighted by molar-refractivity contribution is 9.10. The van der Waals surface area contributed by atoms with Gasteiger partial charge in [-0.3, -0.25) is 0 Å². The van der Waals surface area contributed by atoms with Crippen molar-refractivity contribution in [2.24, 2.45) is 0 Å². The van der Waals surface area contributed by atoms with E-state index in [4.69, 9.17) is 14.2 Å². The highest BCUT2D eigenvalue weighted by Gasteiger charge is 2.34. The Labute approximate surface area is 168 Å². The molecule has 2 aliphatic rings. The third-order valence-corrected chi connectivity index (χ3v) is 5.70. The summed E-state index contributed by atoms with van der Waals surface area (Å²) in [6.07, 6.45) is 2.10. The summed E-state index contributed by atoms with van der Waals surface area (Å²) in [6, 6.07) is 15.0. The van der Waals surface area contributed by atoms with E-state index in [9.17, 15) is 0 Å². The van der Waals surface area contributed by atoms with Gasteiger partial charge in [0.1, 0.15) is 0 Å². The second-order valence-electron chi connectivity index (χ2n) is 6.67. The Morgan fingerprint density at radius 2 is 1.81 bits per heavy atom. The minimum Gasteiger partial charge on any atom is -0.454 e. The normalized spacial score (nSPS) is 17.6. The van der Waals surface area contributed by atoms with Crippen LogP contribution in [0.2, 0.25) is 0 Å². The molecule has 4 rings (SSSR count). The predicted octanol–water partition coefficient (Wildman–Crippen LogP) is 4.44. The van der Waals surface area contributed by atoms with Crippen LogP contribution in [0.15, 0.2) is 46.9 Å². The van der Waals surface area contributed by atoms with Crippen LogP contribution in [-0.4, -0.2) is 26.6 Å². The van der Waals surface area contributed by atoms with Crippen molar-refractivity contribution < 1.29 is 14.2 Å². The zero-order valence-corrected chi connectivity index (χ0v) is 16.9. The zero-order valence-electron chi connectivity index (χ0n) is 14.5. The molecule has 1 saturated heterocycles. The maximum absolute atomic E-state index is 5.61. The topological polar surface area (TPSA) is 39.7 Å². The third-order valence-electron chi connectivity index (χ3n) is 5.12. The van der Waals surface area contributed by atoms with E-state index in [1.54, 1.807) is 0 Å². The number of hydrogen-bond donors (Lipinski definition) is 1. The fourth-order valence-electron chi connectivity index (χ4n) is 3.69. The highest BCUT2D eigenvalue weighted by atomic mass is 79.9. The number of fused-ring (bicyclic) bond motifs is 1. The molecule has 0 unspecified atom stereocenters. The predicted molar refractivity (Wildman–Crippen MR) is 107 cm³/mol. The van der Waals surface area contributed by atoms with Gasteiger partial charge in [-0.2, -0.15) is 0 Å². The zero-order chi connectivity index (χ0) is 17.1. The highest BCUT2D eigenvalue weighted by Crippen LogP contribution is 2.40. The molecule has 0 atom stereocenters. The van der Waals surface area contributed by atoms with Crippen LogP contribution in [0, 0.1) is 0 Å². The second kappa shape index (κ2) is 8.61. The van der Waals surface area contributed by atoms with Crippen molar-refractivity contribution in [3.63, 3.8) is 0 Å². The molecule has 0 amide bonds. The van der Waals surface area contributed by atoms with Crippen molar-refractivity contribution in [3.8, 4) is 11.5 Å². The molecule has 1 N–H and O–H groups in total. The number of hydrogen-bond acceptors (Lipinski definition) is 4. The average molecular weight is 441 g/mol. The Morgan fingerprint density at radius 3 is 2.58 bits per heavy atom. The van der Waals surface area contributed by atoms with Crippen LogP contribution in [0.3, 0.4) is 0 Å². The molecule has 6 heteroatoms. The van der Waals surface area contributed by atoms with Crippen LogP contribution < -0.4 is 14.8 Å². The fourth-order valence-corrected chi connectivity index (χ4v) is 4.29. The molecule has 2 aromatic carbocycles. The molecular weight excluding hydrogens is 418 g/mol. The molecule has 0 radical (unpaired) electrons. The first-order valence-corrected chi connectivity index (χ1v) is 9.48. The monoisotopic (exact) mass is 439 g/mol. The van der Waals surface area contributed by atoms with Crippen molar-refractivity contribution in [2.45, 2.75) is 24.8 Å². The van der Waals surface area contributed by atoms with Crippen LogP contribution in [0.4, 0.5) is 0 Å². The average Bonchev–Trinajstić information content (AvgIpc) is 3.13. The molecule has 2 aromatic rings. The minimum absolute atomic E-state index is 0. The second-order valence-corrected chi connectivity index (χ2v) is 7.53. The van der Waals surface area contributed by atoms with E-state index in [2.05, 4.69) is 63.7 Å². The summed E-state index contributed by atoms with van der Waals surface area (Å²) in [5, 5.41) is 3.66. The molecular formula is C20H23BrClNO3. The summed E-state index contributed by atoms with van der Waals surface area (Å²) >= 11 is 3.56. The van der Waals surface area contributed by atoms with Gasteiger partial charge in [0.25, 0.3) is 0 Å². The summed E-state index contributed by atoms with van der Waals surface area (Å²) in [7, 11) is 0. The van der Waals surface area contributed by atoms with Gasteiger partial charge in [0.2, 0.25) is 6.79 Å². The van der Waals surface area contributed by atoms with Gasteiger partial charge in [-0.05, 0) is 52.0 Å². The minimum atomic E-state index is 0. The Bertz CT molecular complexity index is 735. The van der Waals surface area contributed by atoms with Gasteiger partial charge >= 0.3 is 0 Å². The first-order valence-electron chi connectivity index (χ1n) is 8.69. The Morgan fingerprint density at radius 1 is 1.04 bits per heavy atom. The van der Waals surface area contributed by atoms with Gasteiger partial charge in [-0.1, -0.05) is 30.3 Å². The smallest absolute Gasteiger partial charge is 0.231 e. The largest absolute Gasteiger partial charge is 0.454 e. The molecule has 0 aliphatic carbocycles. The van der Waals surface area contributed by atoms with Gasteiger partial charge in [0, 0.05) is 31.7 Å². The summed E-state index contributed by atoms with van der Waals surface area (Å²) in [5.41, 5.74) is 2.73. The maximum atomic E-state index is 5.61. The number of rotatable bonds is 5. The van der Waals surface area contributed by atoms with Crippen LogP contribution in [0.5, 0.6) is 11.5 Å². The maximum Gasteiger partial charge on any atom is 0.231 e. The quantitative estimate of drug-likeness (QED) is 0.746. The van der Waals surface area contributed by atoms with Crippen molar-refractivity contribution in [3.05, 3.63) is 58.1 Å². The van der Waals surface area contributed by atoms with E-state index < -0.39 is 0 Å². The summed E-state index contributed by atoms with van der Waals surface area (Å²) in [5.74, 6) is 1.61. The van der Waals surface area contributed by atoms with Crippen LogP contribution >= 0.6 is 28.3 Å². The van der Waals surface area contributed by atoms with Crippen molar-refractivity contribution in [1.82, 2.24) is 5.32 Å². The van der Waals surface area contributed by atoms with E-state index in [0.29, 0.717) is 6.79 Å². The van der Waals surface area contributed by atoms with Crippen LogP contribution in [0.1, 0.15) is 24.0 Å². The number of halogens is 2. The molecule has 0 aromatic heterocycles. The van der Waals surface area contributed by atoms with E-state index >= 15 is 0 Å². The Kier molecular flexibility index (Phi) is 6.46.